The van der Waals surface area contributed by atoms with Crippen molar-refractivity contribution in [3.05, 3.63) is 108 Å². The summed E-state index contributed by atoms with van der Waals surface area (Å²) in [6.45, 7) is 6.13. The zero-order chi connectivity index (χ0) is 22.2. The molecule has 0 N–H and O–H groups in total. The monoisotopic (exact) mass is 536 g/mol. The van der Waals surface area contributed by atoms with Crippen LogP contribution < -0.4 is 0 Å². The molecule has 4 rings (SSSR count). The van der Waals surface area contributed by atoms with Gasteiger partial charge < -0.3 is 14.2 Å². The van der Waals surface area contributed by atoms with Gasteiger partial charge in [0.1, 0.15) is 5.44 Å². The van der Waals surface area contributed by atoms with E-state index in [2.05, 4.69) is 62.4 Å². The molecule has 1 saturated heterocycles. The molecule has 0 spiro atoms. The first kappa shape index (κ1) is 26.6. The standard InChI is InChI=1S/C28H31O3S.Y/c1-21-22(2)27(30-19-24-14-8-4-9-15-24)28(32-25-16-10-5-11-17-25)31-26(21)20-29-18-23-12-6-3-7-13-23;/h3-17,22,26-28H,18-20H2,1-2H3;/q-1;/t22-,26?,27?,28-;/m0./s1. The van der Waals surface area contributed by atoms with Gasteiger partial charge in [-0.3, -0.25) is 5.92 Å². The Bertz CT molecular complexity index is 924. The third kappa shape index (κ3) is 7.75. The number of rotatable bonds is 9. The van der Waals surface area contributed by atoms with Gasteiger partial charge in [-0.05, 0) is 29.4 Å². The summed E-state index contributed by atoms with van der Waals surface area (Å²) in [5.74, 6) is 1.54. The summed E-state index contributed by atoms with van der Waals surface area (Å²) in [6, 6.07) is 31.0. The number of thioether (sulfide) groups is 1. The molecule has 0 aromatic heterocycles. The minimum atomic E-state index is -0.106. The van der Waals surface area contributed by atoms with E-state index in [1.807, 2.05) is 42.5 Å². The summed E-state index contributed by atoms with van der Waals surface area (Å²) in [4.78, 5) is 1.18. The summed E-state index contributed by atoms with van der Waals surface area (Å²) in [5, 5.41) is 0. The van der Waals surface area contributed by atoms with Crippen molar-refractivity contribution in [2.45, 2.75) is 49.6 Å². The number of hydrogen-bond donors (Lipinski definition) is 0. The quantitative estimate of drug-likeness (QED) is 0.291. The van der Waals surface area contributed by atoms with Crippen LogP contribution in [0.15, 0.2) is 95.9 Å². The molecule has 2 unspecified atom stereocenters. The summed E-state index contributed by atoms with van der Waals surface area (Å²) in [7, 11) is 0. The summed E-state index contributed by atoms with van der Waals surface area (Å²) < 4.78 is 19.1. The van der Waals surface area contributed by atoms with E-state index in [-0.39, 0.29) is 56.3 Å². The molecular formula is C28H31O3SY-. The van der Waals surface area contributed by atoms with Crippen LogP contribution in [0, 0.1) is 11.8 Å². The SMILES string of the molecule is C[C-]1C(COCc2ccccc2)O[C@@H](Sc2ccccc2)C(OCc2ccccc2)[C@H]1C.[Y]. The number of ether oxygens (including phenoxy) is 3. The molecule has 0 bridgehead atoms. The Hall–Kier alpha value is -1.01. The molecule has 1 radical (unpaired) electrons. The van der Waals surface area contributed by atoms with E-state index in [1.165, 1.54) is 21.9 Å². The maximum absolute atomic E-state index is 6.59. The van der Waals surface area contributed by atoms with Gasteiger partial charge in [-0.1, -0.05) is 97.5 Å². The van der Waals surface area contributed by atoms with Crippen LogP contribution in [0.25, 0.3) is 0 Å². The Kier molecular flexibility index (Phi) is 11.1. The Balaban J connectivity index is 0.00000306. The van der Waals surface area contributed by atoms with Crippen molar-refractivity contribution in [3.63, 3.8) is 0 Å². The Morgan fingerprint density at radius 3 is 1.97 bits per heavy atom. The Morgan fingerprint density at radius 2 is 1.36 bits per heavy atom. The first-order chi connectivity index (χ1) is 15.7. The van der Waals surface area contributed by atoms with Crippen LogP contribution in [0.1, 0.15) is 25.0 Å². The topological polar surface area (TPSA) is 27.7 Å². The van der Waals surface area contributed by atoms with Gasteiger partial charge in [-0.15, -0.1) is 5.92 Å². The molecule has 33 heavy (non-hydrogen) atoms. The average molecular weight is 537 g/mol. The summed E-state index contributed by atoms with van der Waals surface area (Å²) in [5.41, 5.74) is 2.24. The van der Waals surface area contributed by atoms with Gasteiger partial charge in [-0.2, -0.15) is 6.92 Å². The van der Waals surface area contributed by atoms with Gasteiger partial charge in [0.25, 0.3) is 0 Å². The normalized spacial score (nSPS) is 23.1. The minimum Gasteiger partial charge on any atom is -0.391 e. The Labute approximate surface area is 227 Å². The fraction of sp³-hybridized carbons (Fsp3) is 0.321. The van der Waals surface area contributed by atoms with E-state index in [0.717, 1.165) is 0 Å². The van der Waals surface area contributed by atoms with Crippen LogP contribution in [0.5, 0.6) is 0 Å². The average Bonchev–Trinajstić information content (AvgIpc) is 2.84. The van der Waals surface area contributed by atoms with Crippen molar-refractivity contribution in [1.82, 2.24) is 0 Å². The maximum Gasteiger partial charge on any atom is 0.128 e. The van der Waals surface area contributed by atoms with Gasteiger partial charge in [0.15, 0.2) is 0 Å². The first-order valence-electron chi connectivity index (χ1n) is 11.2. The third-order valence-electron chi connectivity index (χ3n) is 5.95. The van der Waals surface area contributed by atoms with E-state index in [9.17, 15) is 0 Å². The second-order valence-corrected chi connectivity index (χ2v) is 9.39. The predicted molar refractivity (Wildman–Crippen MR) is 130 cm³/mol. The zero-order valence-electron chi connectivity index (χ0n) is 19.3. The molecule has 3 aromatic rings. The van der Waals surface area contributed by atoms with E-state index < -0.39 is 0 Å². The maximum atomic E-state index is 6.59. The van der Waals surface area contributed by atoms with Gasteiger partial charge >= 0.3 is 0 Å². The molecule has 0 amide bonds. The van der Waals surface area contributed by atoms with Crippen molar-refractivity contribution >= 4 is 11.8 Å². The van der Waals surface area contributed by atoms with Crippen LogP contribution in [-0.2, 0) is 60.1 Å². The number of benzene rings is 3. The molecule has 3 aromatic carbocycles. The largest absolute Gasteiger partial charge is 0.391 e. The van der Waals surface area contributed by atoms with Crippen molar-refractivity contribution < 1.29 is 46.9 Å². The zero-order valence-corrected chi connectivity index (χ0v) is 23.0. The molecule has 5 heteroatoms. The van der Waals surface area contributed by atoms with Gasteiger partial charge in [-0.25, -0.2) is 0 Å². The summed E-state index contributed by atoms with van der Waals surface area (Å²) in [6.07, 6.45) is -0.0858. The molecule has 1 aliphatic rings. The first-order valence-corrected chi connectivity index (χ1v) is 12.1. The minimum absolute atomic E-state index is 0. The fourth-order valence-electron chi connectivity index (χ4n) is 3.88. The molecule has 0 aliphatic carbocycles. The van der Waals surface area contributed by atoms with E-state index in [4.69, 9.17) is 14.2 Å². The molecule has 4 atom stereocenters. The van der Waals surface area contributed by atoms with Crippen molar-refractivity contribution in [2.75, 3.05) is 6.61 Å². The van der Waals surface area contributed by atoms with Gasteiger partial charge in [0.05, 0.1) is 19.3 Å². The molecule has 1 fully saturated rings. The van der Waals surface area contributed by atoms with Crippen LogP contribution in [0.2, 0.25) is 0 Å². The van der Waals surface area contributed by atoms with Crippen molar-refractivity contribution in [3.8, 4) is 0 Å². The third-order valence-corrected chi connectivity index (χ3v) is 7.10. The summed E-state index contributed by atoms with van der Waals surface area (Å²) >= 11 is 1.73. The van der Waals surface area contributed by atoms with Crippen LogP contribution in [0.4, 0.5) is 0 Å². The van der Waals surface area contributed by atoms with E-state index in [0.29, 0.717) is 19.8 Å². The predicted octanol–water partition coefficient (Wildman–Crippen LogP) is 6.53. The second kappa shape index (κ2) is 13.8. The van der Waals surface area contributed by atoms with Gasteiger partial charge in [0, 0.05) is 44.2 Å². The molecular weight excluding hydrogens is 505 g/mol. The second-order valence-electron chi connectivity index (χ2n) is 8.22. The molecule has 3 nitrogen and oxygen atoms in total. The van der Waals surface area contributed by atoms with E-state index >= 15 is 0 Å². The molecule has 171 valence electrons. The van der Waals surface area contributed by atoms with Crippen molar-refractivity contribution in [2.24, 2.45) is 5.92 Å². The van der Waals surface area contributed by atoms with Gasteiger partial charge in [0.2, 0.25) is 0 Å². The molecule has 0 saturated carbocycles. The van der Waals surface area contributed by atoms with Crippen LogP contribution in [-0.4, -0.2) is 24.3 Å². The van der Waals surface area contributed by atoms with Crippen molar-refractivity contribution in [1.29, 1.82) is 0 Å². The molecule has 1 aliphatic heterocycles. The smallest absolute Gasteiger partial charge is 0.128 e. The number of hydrogen-bond acceptors (Lipinski definition) is 4. The van der Waals surface area contributed by atoms with Crippen LogP contribution >= 0.6 is 11.8 Å². The molecule has 1 heterocycles. The fourth-order valence-corrected chi connectivity index (χ4v) is 5.10. The Morgan fingerprint density at radius 1 is 0.818 bits per heavy atom. The van der Waals surface area contributed by atoms with E-state index in [1.54, 1.807) is 11.8 Å². The van der Waals surface area contributed by atoms with Crippen LogP contribution in [0.3, 0.4) is 0 Å².